The Morgan fingerprint density at radius 1 is 1.47 bits per heavy atom. The summed E-state index contributed by atoms with van der Waals surface area (Å²) in [5.41, 5.74) is 3.79. The van der Waals surface area contributed by atoms with E-state index < -0.39 is 0 Å². The quantitative estimate of drug-likeness (QED) is 0.617. The second kappa shape index (κ2) is 4.87. The minimum atomic E-state index is 0.355. The minimum Gasteiger partial charge on any atom is -0.356 e. The van der Waals surface area contributed by atoms with Crippen molar-refractivity contribution in [2.24, 2.45) is 11.8 Å². The number of anilines is 2. The van der Waals surface area contributed by atoms with Crippen molar-refractivity contribution in [2.75, 3.05) is 23.4 Å². The Kier molecular flexibility index (Phi) is 3.47. The van der Waals surface area contributed by atoms with Crippen LogP contribution < -0.4 is 16.2 Å². The van der Waals surface area contributed by atoms with Gasteiger partial charge in [-0.3, -0.25) is 0 Å². The monoisotopic (exact) mass is 235 g/mol. The minimum absolute atomic E-state index is 0.355. The van der Waals surface area contributed by atoms with Gasteiger partial charge in [0.25, 0.3) is 0 Å². The molecular formula is C12H21N5. The first kappa shape index (κ1) is 12.1. The van der Waals surface area contributed by atoms with Crippen LogP contribution >= 0.6 is 0 Å². The lowest BCUT2D eigenvalue weighted by Crippen LogP contribution is -2.24. The molecule has 0 aromatic carbocycles. The number of rotatable bonds is 3. The molecule has 1 fully saturated rings. The molecule has 0 aliphatic carbocycles. The van der Waals surface area contributed by atoms with Crippen molar-refractivity contribution in [1.29, 1.82) is 0 Å². The van der Waals surface area contributed by atoms with Gasteiger partial charge in [-0.2, -0.15) is 0 Å². The molecule has 94 valence electrons. The lowest BCUT2D eigenvalue weighted by atomic mass is 10.0. The predicted octanol–water partition coefficient (Wildman–Crippen LogP) is 1.73. The van der Waals surface area contributed by atoms with Gasteiger partial charge in [-0.05, 0) is 18.3 Å². The Morgan fingerprint density at radius 2 is 2.24 bits per heavy atom. The molecule has 1 atom stereocenters. The maximum atomic E-state index is 5.52. The third-order valence-corrected chi connectivity index (χ3v) is 3.30. The highest BCUT2D eigenvalue weighted by molar-refractivity contribution is 5.60. The molecule has 1 aromatic heterocycles. The standard InChI is InChI=1S/C12H21N5/c1-8(2)10-11(16-13)14-7-15-12(10)17-5-4-9(3)6-17/h7-9H,4-6,13H2,1-3H3,(H,14,15,16). The average Bonchev–Trinajstić information content (AvgIpc) is 2.74. The van der Waals surface area contributed by atoms with E-state index in [-0.39, 0.29) is 0 Å². The highest BCUT2D eigenvalue weighted by Crippen LogP contribution is 2.32. The molecule has 0 bridgehead atoms. The van der Waals surface area contributed by atoms with Crippen molar-refractivity contribution in [3.63, 3.8) is 0 Å². The number of nitrogen functional groups attached to an aromatic ring is 1. The van der Waals surface area contributed by atoms with Crippen LogP contribution in [-0.4, -0.2) is 23.1 Å². The zero-order valence-corrected chi connectivity index (χ0v) is 10.8. The number of hydrogen-bond acceptors (Lipinski definition) is 5. The molecule has 2 rings (SSSR count). The van der Waals surface area contributed by atoms with E-state index in [0.29, 0.717) is 5.92 Å². The molecule has 1 unspecified atom stereocenters. The van der Waals surface area contributed by atoms with E-state index in [9.17, 15) is 0 Å². The number of nitrogens with two attached hydrogens (primary N) is 1. The first-order chi connectivity index (χ1) is 8.13. The Hall–Kier alpha value is -1.36. The van der Waals surface area contributed by atoms with Gasteiger partial charge < -0.3 is 10.3 Å². The number of hydrazine groups is 1. The summed E-state index contributed by atoms with van der Waals surface area (Å²) in [6, 6.07) is 0. The maximum Gasteiger partial charge on any atom is 0.148 e. The summed E-state index contributed by atoms with van der Waals surface area (Å²) >= 11 is 0. The van der Waals surface area contributed by atoms with Crippen LogP contribution in [0.2, 0.25) is 0 Å². The van der Waals surface area contributed by atoms with E-state index >= 15 is 0 Å². The van der Waals surface area contributed by atoms with Gasteiger partial charge in [0.1, 0.15) is 18.0 Å². The van der Waals surface area contributed by atoms with Crippen LogP contribution in [0.5, 0.6) is 0 Å². The molecular weight excluding hydrogens is 214 g/mol. The third-order valence-electron chi connectivity index (χ3n) is 3.30. The van der Waals surface area contributed by atoms with E-state index in [2.05, 4.69) is 41.1 Å². The second-order valence-corrected chi connectivity index (χ2v) is 5.10. The summed E-state index contributed by atoms with van der Waals surface area (Å²) in [7, 11) is 0. The van der Waals surface area contributed by atoms with Crippen LogP contribution in [0.15, 0.2) is 6.33 Å². The van der Waals surface area contributed by atoms with Crippen molar-refractivity contribution in [3.05, 3.63) is 11.9 Å². The molecule has 0 spiro atoms. The van der Waals surface area contributed by atoms with Gasteiger partial charge in [0.2, 0.25) is 0 Å². The van der Waals surface area contributed by atoms with Crippen molar-refractivity contribution in [2.45, 2.75) is 33.1 Å². The van der Waals surface area contributed by atoms with Crippen LogP contribution in [0.3, 0.4) is 0 Å². The molecule has 2 heterocycles. The Labute approximate surface area is 102 Å². The number of aromatic nitrogens is 2. The summed E-state index contributed by atoms with van der Waals surface area (Å²) < 4.78 is 0. The maximum absolute atomic E-state index is 5.52. The number of nitrogens with zero attached hydrogens (tertiary/aromatic N) is 3. The summed E-state index contributed by atoms with van der Waals surface area (Å²) in [6.45, 7) is 8.70. The fourth-order valence-corrected chi connectivity index (χ4v) is 2.41. The predicted molar refractivity (Wildman–Crippen MR) is 69.9 cm³/mol. The summed E-state index contributed by atoms with van der Waals surface area (Å²) in [5.74, 6) is 8.39. The number of nitrogens with one attached hydrogen (secondary N) is 1. The Balaban J connectivity index is 2.39. The molecule has 17 heavy (non-hydrogen) atoms. The Morgan fingerprint density at radius 3 is 2.76 bits per heavy atom. The van der Waals surface area contributed by atoms with Crippen molar-refractivity contribution in [3.8, 4) is 0 Å². The third kappa shape index (κ3) is 2.34. The lowest BCUT2D eigenvalue weighted by Gasteiger charge is -2.23. The lowest BCUT2D eigenvalue weighted by molar-refractivity contribution is 0.658. The molecule has 5 nitrogen and oxygen atoms in total. The molecule has 1 aromatic rings. The normalized spacial score (nSPS) is 20.1. The van der Waals surface area contributed by atoms with Gasteiger partial charge in [-0.15, -0.1) is 0 Å². The van der Waals surface area contributed by atoms with E-state index in [1.807, 2.05) is 0 Å². The van der Waals surface area contributed by atoms with E-state index in [1.165, 1.54) is 6.42 Å². The molecule has 1 saturated heterocycles. The Bertz CT molecular complexity index is 390. The first-order valence-electron chi connectivity index (χ1n) is 6.20. The SMILES string of the molecule is CC1CCN(c2ncnc(NN)c2C(C)C)C1. The van der Waals surface area contributed by atoms with Crippen LogP contribution in [-0.2, 0) is 0 Å². The van der Waals surface area contributed by atoms with E-state index in [1.54, 1.807) is 6.33 Å². The summed E-state index contributed by atoms with van der Waals surface area (Å²) in [5, 5.41) is 0. The average molecular weight is 235 g/mol. The first-order valence-corrected chi connectivity index (χ1v) is 6.20. The van der Waals surface area contributed by atoms with Gasteiger partial charge >= 0.3 is 0 Å². The van der Waals surface area contributed by atoms with E-state index in [0.717, 1.165) is 36.2 Å². The highest BCUT2D eigenvalue weighted by Gasteiger charge is 2.24. The fraction of sp³-hybridized carbons (Fsp3) is 0.667. The van der Waals surface area contributed by atoms with Crippen LogP contribution in [0, 0.1) is 5.92 Å². The zero-order valence-electron chi connectivity index (χ0n) is 10.8. The van der Waals surface area contributed by atoms with Gasteiger partial charge in [0.15, 0.2) is 0 Å². The van der Waals surface area contributed by atoms with Crippen molar-refractivity contribution >= 4 is 11.6 Å². The molecule has 1 aliphatic rings. The van der Waals surface area contributed by atoms with Gasteiger partial charge in [-0.1, -0.05) is 20.8 Å². The molecule has 0 amide bonds. The molecule has 3 N–H and O–H groups in total. The van der Waals surface area contributed by atoms with Gasteiger partial charge in [0.05, 0.1) is 0 Å². The van der Waals surface area contributed by atoms with Gasteiger partial charge in [-0.25, -0.2) is 15.8 Å². The molecule has 1 aliphatic heterocycles. The zero-order chi connectivity index (χ0) is 12.4. The summed E-state index contributed by atoms with van der Waals surface area (Å²) in [4.78, 5) is 11.0. The van der Waals surface area contributed by atoms with E-state index in [4.69, 9.17) is 5.84 Å². The van der Waals surface area contributed by atoms with Crippen LogP contribution in [0.4, 0.5) is 11.6 Å². The molecule has 5 heteroatoms. The van der Waals surface area contributed by atoms with Crippen LogP contribution in [0.25, 0.3) is 0 Å². The topological polar surface area (TPSA) is 67.1 Å². The smallest absolute Gasteiger partial charge is 0.148 e. The molecule has 0 saturated carbocycles. The number of hydrogen-bond donors (Lipinski definition) is 2. The fourth-order valence-electron chi connectivity index (χ4n) is 2.41. The largest absolute Gasteiger partial charge is 0.356 e. The van der Waals surface area contributed by atoms with Crippen molar-refractivity contribution in [1.82, 2.24) is 9.97 Å². The van der Waals surface area contributed by atoms with Crippen molar-refractivity contribution < 1.29 is 0 Å². The van der Waals surface area contributed by atoms with Gasteiger partial charge in [0, 0.05) is 18.7 Å². The van der Waals surface area contributed by atoms with Crippen LogP contribution in [0.1, 0.15) is 38.7 Å². The summed E-state index contributed by atoms with van der Waals surface area (Å²) in [6.07, 6.45) is 2.81. The molecule has 0 radical (unpaired) electrons. The highest BCUT2D eigenvalue weighted by atomic mass is 15.3. The second-order valence-electron chi connectivity index (χ2n) is 5.10.